The van der Waals surface area contributed by atoms with Gasteiger partial charge in [-0.25, -0.2) is 18.4 Å². The van der Waals surface area contributed by atoms with Gasteiger partial charge in [0, 0.05) is 52.7 Å². The second kappa shape index (κ2) is 8.79. The molecule has 1 amide bonds. The molecule has 2 bridgehead atoms. The average Bonchev–Trinajstić information content (AvgIpc) is 3.21. The normalized spacial score (nSPS) is 23.6. The molecule has 0 radical (unpaired) electrons. The molecule has 11 nitrogen and oxygen atoms in total. The number of piperidine rings is 1. The number of pyridine rings is 1. The molecular weight excluding hydrogens is 550 g/mol. The number of rotatable bonds is 5. The molecular formula is C27H29N7O4S2. The molecule has 1 saturated carbocycles. The van der Waals surface area contributed by atoms with Crippen molar-refractivity contribution in [2.75, 3.05) is 12.0 Å². The van der Waals surface area contributed by atoms with Crippen molar-refractivity contribution >= 4 is 38.5 Å². The Morgan fingerprint density at radius 2 is 1.85 bits per heavy atom. The van der Waals surface area contributed by atoms with E-state index < -0.39 is 15.4 Å². The van der Waals surface area contributed by atoms with Crippen molar-refractivity contribution in [1.29, 1.82) is 0 Å². The number of aliphatic hydroxyl groups is 1. The second-order valence-corrected chi connectivity index (χ2v) is 14.5. The van der Waals surface area contributed by atoms with Gasteiger partial charge in [-0.3, -0.25) is 9.78 Å². The highest BCUT2D eigenvalue weighted by Crippen LogP contribution is 2.48. The van der Waals surface area contributed by atoms with E-state index >= 15 is 0 Å². The lowest BCUT2D eigenvalue weighted by Crippen LogP contribution is -2.51. The minimum absolute atomic E-state index is 0.00717. The second-order valence-electron chi connectivity index (χ2n) is 11.3. The Bertz CT molecular complexity index is 1760. The van der Waals surface area contributed by atoms with E-state index in [0.29, 0.717) is 42.6 Å². The predicted molar refractivity (Wildman–Crippen MR) is 149 cm³/mol. The number of aromatic nitrogens is 5. The van der Waals surface area contributed by atoms with Crippen molar-refractivity contribution in [3.63, 3.8) is 0 Å². The number of fused-ring (bicyclic) bond motifs is 3. The molecule has 3 aliphatic rings. The summed E-state index contributed by atoms with van der Waals surface area (Å²) >= 11 is 1.57. The molecule has 1 aliphatic carbocycles. The molecule has 6 heterocycles. The Balaban J connectivity index is 1.29. The maximum Gasteiger partial charge on any atom is 0.255 e. The van der Waals surface area contributed by atoms with E-state index in [4.69, 9.17) is 10.7 Å². The standard InChI is InChI=1S/C27H29N7O4S2/c1-14-11-30-25(39-14)20-6-3-15(12-29-20)19-13-31-34-23(28)22(40(2,37)38)21(32-24(19)34)16-9-17-4-5-18(10-16)33(17)26(35)27(36)7-8-27/h3,6,11-13,16-18,36H,4-5,7-10,28H2,1-2H3/t16?,17-,18+. The van der Waals surface area contributed by atoms with Gasteiger partial charge in [0.1, 0.15) is 21.3 Å². The molecule has 2 aliphatic heterocycles. The zero-order valence-electron chi connectivity index (χ0n) is 22.1. The number of sulfone groups is 1. The van der Waals surface area contributed by atoms with Crippen LogP contribution in [0.1, 0.15) is 55.0 Å². The summed E-state index contributed by atoms with van der Waals surface area (Å²) in [6.45, 7) is 2.00. The number of carbonyl (C=O) groups is 1. The van der Waals surface area contributed by atoms with Gasteiger partial charge in [0.2, 0.25) is 0 Å². The highest BCUT2D eigenvalue weighted by Gasteiger charge is 2.55. The summed E-state index contributed by atoms with van der Waals surface area (Å²) in [5.74, 6) is -0.370. The van der Waals surface area contributed by atoms with Crippen LogP contribution < -0.4 is 5.73 Å². The van der Waals surface area contributed by atoms with E-state index in [2.05, 4.69) is 15.1 Å². The third-order valence-corrected chi connectivity index (χ3v) is 10.5. The number of amides is 1. The highest BCUT2D eigenvalue weighted by molar-refractivity contribution is 7.91. The maximum absolute atomic E-state index is 13.0. The summed E-state index contributed by atoms with van der Waals surface area (Å²) in [7, 11) is -3.74. The highest BCUT2D eigenvalue weighted by atomic mass is 32.2. The molecule has 3 N–H and O–H groups in total. The summed E-state index contributed by atoms with van der Waals surface area (Å²) in [5, 5.41) is 15.7. The predicted octanol–water partition coefficient (Wildman–Crippen LogP) is 2.97. The first-order valence-electron chi connectivity index (χ1n) is 13.3. The molecule has 208 valence electrons. The molecule has 13 heteroatoms. The first kappa shape index (κ1) is 25.5. The molecule has 0 aromatic carbocycles. The first-order chi connectivity index (χ1) is 19.0. The summed E-state index contributed by atoms with van der Waals surface area (Å²) in [5.41, 5.74) is 8.38. The third kappa shape index (κ3) is 4.01. The zero-order valence-corrected chi connectivity index (χ0v) is 23.7. The number of hydrogen-bond acceptors (Lipinski definition) is 10. The molecule has 7 rings (SSSR count). The lowest BCUT2D eigenvalue weighted by molar-refractivity contribution is -0.147. The minimum atomic E-state index is -3.74. The Morgan fingerprint density at radius 3 is 2.42 bits per heavy atom. The number of carbonyl (C=O) groups excluding carboxylic acids is 1. The van der Waals surface area contributed by atoms with E-state index in [1.807, 2.05) is 30.2 Å². The van der Waals surface area contributed by atoms with Crippen LogP contribution >= 0.6 is 11.3 Å². The van der Waals surface area contributed by atoms with Gasteiger partial charge in [-0.2, -0.15) is 9.61 Å². The van der Waals surface area contributed by atoms with Crippen LogP contribution in [0.4, 0.5) is 5.82 Å². The van der Waals surface area contributed by atoms with Gasteiger partial charge < -0.3 is 15.7 Å². The average molecular weight is 580 g/mol. The summed E-state index contributed by atoms with van der Waals surface area (Å²) < 4.78 is 27.4. The SMILES string of the molecule is Cc1cnc(-c2ccc(-c3cnn4c(N)c(S(C)(=O)=O)c(C5C[C@H]6CC[C@@H](C5)N6C(=O)C5(O)CC5)nc34)cn2)s1. The van der Waals surface area contributed by atoms with E-state index in [1.165, 1.54) is 4.52 Å². The van der Waals surface area contributed by atoms with E-state index in [9.17, 15) is 18.3 Å². The van der Waals surface area contributed by atoms with Crippen molar-refractivity contribution in [2.45, 2.75) is 73.9 Å². The van der Waals surface area contributed by atoms with Crippen molar-refractivity contribution in [2.24, 2.45) is 0 Å². The Morgan fingerprint density at radius 1 is 1.12 bits per heavy atom. The van der Waals surface area contributed by atoms with Crippen LogP contribution in [0.5, 0.6) is 0 Å². The van der Waals surface area contributed by atoms with E-state index in [1.54, 1.807) is 23.7 Å². The van der Waals surface area contributed by atoms with Crippen LogP contribution in [0.15, 0.2) is 35.6 Å². The molecule has 40 heavy (non-hydrogen) atoms. The van der Waals surface area contributed by atoms with Crippen LogP contribution in [0.25, 0.3) is 27.5 Å². The Hall–Kier alpha value is -3.42. The number of aryl methyl sites for hydroxylation is 1. The number of nitrogens with zero attached hydrogens (tertiary/aromatic N) is 6. The van der Waals surface area contributed by atoms with Crippen LogP contribution in [-0.2, 0) is 14.6 Å². The molecule has 0 spiro atoms. The molecule has 1 unspecified atom stereocenters. The maximum atomic E-state index is 13.0. The van der Waals surface area contributed by atoms with Gasteiger partial charge in [0.05, 0.1) is 17.6 Å². The Kier molecular flexibility index (Phi) is 5.61. The van der Waals surface area contributed by atoms with Gasteiger partial charge in [-0.05, 0) is 51.5 Å². The fourth-order valence-electron chi connectivity index (χ4n) is 6.34. The summed E-state index contributed by atoms with van der Waals surface area (Å²) in [6.07, 6.45) is 10.1. The van der Waals surface area contributed by atoms with Crippen LogP contribution in [-0.4, -0.2) is 72.8 Å². The molecule has 3 fully saturated rings. The zero-order chi connectivity index (χ0) is 28.0. The number of thiazole rings is 1. The number of anilines is 1. The van der Waals surface area contributed by atoms with Crippen LogP contribution in [0.3, 0.4) is 0 Å². The van der Waals surface area contributed by atoms with Crippen molar-refractivity contribution in [3.8, 4) is 21.8 Å². The third-order valence-electron chi connectivity index (χ3n) is 8.43. The van der Waals surface area contributed by atoms with Gasteiger partial charge in [0.15, 0.2) is 15.5 Å². The molecule has 4 aromatic rings. The van der Waals surface area contributed by atoms with Crippen molar-refractivity contribution < 1.29 is 18.3 Å². The fraction of sp³-hybridized carbons (Fsp3) is 0.444. The molecule has 3 atom stereocenters. The van der Waals surface area contributed by atoms with Gasteiger partial charge >= 0.3 is 0 Å². The van der Waals surface area contributed by atoms with Gasteiger partial charge in [0.25, 0.3) is 5.91 Å². The smallest absolute Gasteiger partial charge is 0.255 e. The lowest BCUT2D eigenvalue weighted by Gasteiger charge is -2.40. The number of hydrogen-bond donors (Lipinski definition) is 2. The monoisotopic (exact) mass is 579 g/mol. The Labute approximate surface area is 235 Å². The largest absolute Gasteiger partial charge is 0.382 e. The fourth-order valence-corrected chi connectivity index (χ4v) is 8.14. The van der Waals surface area contributed by atoms with Crippen LogP contribution in [0, 0.1) is 6.92 Å². The number of nitrogen functional groups attached to an aromatic ring is 1. The van der Waals surface area contributed by atoms with Crippen molar-refractivity contribution in [1.82, 2.24) is 29.5 Å². The first-order valence-corrected chi connectivity index (χ1v) is 16.1. The topological polar surface area (TPSA) is 157 Å². The molecule has 4 aromatic heterocycles. The lowest BCUT2D eigenvalue weighted by atomic mass is 9.87. The summed E-state index contributed by atoms with van der Waals surface area (Å²) in [6, 6.07) is 3.68. The number of nitrogens with two attached hydrogens (primary N) is 1. The minimum Gasteiger partial charge on any atom is -0.382 e. The van der Waals surface area contributed by atoms with Crippen molar-refractivity contribution in [3.05, 3.63) is 41.3 Å². The van der Waals surface area contributed by atoms with Crippen LogP contribution in [0.2, 0.25) is 0 Å². The van der Waals surface area contributed by atoms with Gasteiger partial charge in [-0.15, -0.1) is 11.3 Å². The molecule has 2 saturated heterocycles. The quantitative estimate of drug-likeness (QED) is 0.363. The summed E-state index contributed by atoms with van der Waals surface area (Å²) in [4.78, 5) is 29.9. The van der Waals surface area contributed by atoms with Gasteiger partial charge in [-0.1, -0.05) is 6.07 Å². The van der Waals surface area contributed by atoms with E-state index in [0.717, 1.165) is 40.2 Å². The van der Waals surface area contributed by atoms with E-state index in [-0.39, 0.29) is 34.6 Å².